The van der Waals surface area contributed by atoms with Crippen molar-refractivity contribution >= 4 is 31.9 Å². The molecule has 1 atom stereocenters. The van der Waals surface area contributed by atoms with E-state index in [1.165, 1.54) is 13.5 Å². The smallest absolute Gasteiger partial charge is 0.320 e. The summed E-state index contributed by atoms with van der Waals surface area (Å²) in [5, 5.41) is 0. The second-order valence-corrected chi connectivity index (χ2v) is 7.58. The van der Waals surface area contributed by atoms with Crippen LogP contribution in [0.2, 0.25) is 0 Å². The molecule has 1 saturated carbocycles. The van der Waals surface area contributed by atoms with Crippen molar-refractivity contribution < 1.29 is 17.9 Å². The lowest BCUT2D eigenvalue weighted by atomic mass is 9.91. The standard InChI is InChI=1S/C11H20BrNO4S/c1-17-11(14)10(12)7-13-18(15,16)8-9-5-3-2-4-6-9/h9-10,13H,2-8H2,1H3. The van der Waals surface area contributed by atoms with Gasteiger partial charge in [0.1, 0.15) is 4.83 Å². The Bertz CT molecular complexity index is 365. The first-order valence-corrected chi connectivity index (χ1v) is 8.70. The van der Waals surface area contributed by atoms with Crippen LogP contribution >= 0.6 is 15.9 Å². The highest BCUT2D eigenvalue weighted by atomic mass is 79.9. The molecule has 0 bridgehead atoms. The molecule has 0 aliphatic heterocycles. The Morgan fingerprint density at radius 1 is 1.39 bits per heavy atom. The van der Waals surface area contributed by atoms with Gasteiger partial charge in [0.25, 0.3) is 0 Å². The highest BCUT2D eigenvalue weighted by molar-refractivity contribution is 9.10. The zero-order chi connectivity index (χ0) is 13.6. The third-order valence-electron chi connectivity index (χ3n) is 3.12. The molecule has 18 heavy (non-hydrogen) atoms. The molecule has 1 unspecified atom stereocenters. The molecule has 7 heteroatoms. The predicted molar refractivity (Wildman–Crippen MR) is 73.1 cm³/mol. The summed E-state index contributed by atoms with van der Waals surface area (Å²) in [7, 11) is -2.03. The van der Waals surface area contributed by atoms with Crippen molar-refractivity contribution in [3.8, 4) is 0 Å². The van der Waals surface area contributed by atoms with Crippen molar-refractivity contribution in [2.75, 3.05) is 19.4 Å². The average molecular weight is 342 g/mol. The summed E-state index contributed by atoms with van der Waals surface area (Å²) < 4.78 is 30.6. The Morgan fingerprint density at radius 3 is 2.56 bits per heavy atom. The largest absolute Gasteiger partial charge is 0.468 e. The number of hydrogen-bond acceptors (Lipinski definition) is 4. The number of esters is 1. The summed E-state index contributed by atoms with van der Waals surface area (Å²) in [5.74, 6) is -0.0630. The third-order valence-corrected chi connectivity index (χ3v) is 5.33. The Balaban J connectivity index is 2.37. The van der Waals surface area contributed by atoms with Crippen LogP contribution in [0, 0.1) is 5.92 Å². The minimum absolute atomic E-state index is 0.0295. The Kier molecular flexibility index (Phi) is 6.59. The molecule has 1 aliphatic rings. The second kappa shape index (κ2) is 7.45. The van der Waals surface area contributed by atoms with Gasteiger partial charge < -0.3 is 4.74 Å². The van der Waals surface area contributed by atoms with Crippen molar-refractivity contribution in [1.82, 2.24) is 4.72 Å². The van der Waals surface area contributed by atoms with Gasteiger partial charge in [0.2, 0.25) is 10.0 Å². The molecule has 1 N–H and O–H groups in total. The van der Waals surface area contributed by atoms with Gasteiger partial charge in [-0.2, -0.15) is 0 Å². The molecule has 5 nitrogen and oxygen atoms in total. The van der Waals surface area contributed by atoms with E-state index in [4.69, 9.17) is 0 Å². The van der Waals surface area contributed by atoms with E-state index >= 15 is 0 Å². The fraction of sp³-hybridized carbons (Fsp3) is 0.909. The van der Waals surface area contributed by atoms with E-state index in [2.05, 4.69) is 25.4 Å². The maximum absolute atomic E-state index is 11.8. The first-order valence-electron chi connectivity index (χ1n) is 6.14. The normalized spacial score (nSPS) is 19.4. The summed E-state index contributed by atoms with van der Waals surface area (Å²) in [6, 6.07) is 0. The van der Waals surface area contributed by atoms with E-state index < -0.39 is 20.8 Å². The van der Waals surface area contributed by atoms with Crippen LogP contribution in [0.5, 0.6) is 0 Å². The van der Waals surface area contributed by atoms with E-state index in [1.807, 2.05) is 0 Å². The van der Waals surface area contributed by atoms with Crippen LogP contribution in [0.3, 0.4) is 0 Å². The number of alkyl halides is 1. The summed E-state index contributed by atoms with van der Waals surface area (Å²) in [6.07, 6.45) is 5.40. The zero-order valence-electron chi connectivity index (χ0n) is 10.5. The SMILES string of the molecule is COC(=O)C(Br)CNS(=O)(=O)CC1CCCCC1. The molecule has 0 aromatic heterocycles. The van der Waals surface area contributed by atoms with E-state index in [-0.39, 0.29) is 18.2 Å². The van der Waals surface area contributed by atoms with Crippen LogP contribution in [-0.4, -0.2) is 38.6 Å². The van der Waals surface area contributed by atoms with Gasteiger partial charge in [-0.15, -0.1) is 0 Å². The molecule has 0 heterocycles. The van der Waals surface area contributed by atoms with Gasteiger partial charge in [-0.25, -0.2) is 13.1 Å². The third kappa shape index (κ3) is 5.67. The Labute approximate surface area is 117 Å². The maximum Gasteiger partial charge on any atom is 0.320 e. The van der Waals surface area contributed by atoms with E-state index in [0.29, 0.717) is 0 Å². The molecule has 0 radical (unpaired) electrons. The molecule has 1 aliphatic carbocycles. The van der Waals surface area contributed by atoms with Gasteiger partial charge >= 0.3 is 5.97 Å². The molecule has 0 aromatic carbocycles. The van der Waals surface area contributed by atoms with Gasteiger partial charge in [0.15, 0.2) is 0 Å². The van der Waals surface area contributed by atoms with Crippen LogP contribution in [0.25, 0.3) is 0 Å². The average Bonchev–Trinajstić information content (AvgIpc) is 2.35. The number of carbonyl (C=O) groups is 1. The molecular formula is C11H20BrNO4S. The van der Waals surface area contributed by atoms with Gasteiger partial charge in [0.05, 0.1) is 12.9 Å². The molecule has 1 fully saturated rings. The van der Waals surface area contributed by atoms with Gasteiger partial charge in [-0.1, -0.05) is 35.2 Å². The van der Waals surface area contributed by atoms with Crippen LogP contribution in [0.4, 0.5) is 0 Å². The monoisotopic (exact) mass is 341 g/mol. The molecule has 1 rings (SSSR count). The number of nitrogens with one attached hydrogen (secondary N) is 1. The summed E-state index contributed by atoms with van der Waals surface area (Å²) in [5.41, 5.74) is 0. The summed E-state index contributed by atoms with van der Waals surface area (Å²) in [6.45, 7) is 0.0295. The minimum Gasteiger partial charge on any atom is -0.468 e. The number of halogens is 1. The van der Waals surface area contributed by atoms with Crippen molar-refractivity contribution in [2.24, 2.45) is 5.92 Å². The minimum atomic E-state index is -3.31. The first kappa shape index (κ1) is 15.9. The number of carbonyl (C=O) groups excluding carboxylic acids is 1. The lowest BCUT2D eigenvalue weighted by Gasteiger charge is -2.21. The van der Waals surface area contributed by atoms with Crippen molar-refractivity contribution in [3.05, 3.63) is 0 Å². The van der Waals surface area contributed by atoms with Crippen molar-refractivity contribution in [3.63, 3.8) is 0 Å². The van der Waals surface area contributed by atoms with E-state index in [1.54, 1.807) is 0 Å². The Morgan fingerprint density at radius 2 is 2.00 bits per heavy atom. The fourth-order valence-electron chi connectivity index (χ4n) is 2.13. The lowest BCUT2D eigenvalue weighted by molar-refractivity contribution is -0.139. The number of methoxy groups -OCH3 is 1. The number of hydrogen-bond donors (Lipinski definition) is 1. The van der Waals surface area contributed by atoms with Gasteiger partial charge in [-0.05, 0) is 18.8 Å². The van der Waals surface area contributed by atoms with E-state index in [0.717, 1.165) is 25.7 Å². The Hall–Kier alpha value is -0.140. The van der Waals surface area contributed by atoms with E-state index in [9.17, 15) is 13.2 Å². The molecule has 0 saturated heterocycles. The molecule has 0 amide bonds. The molecule has 0 aromatic rings. The predicted octanol–water partition coefficient (Wildman–Crippen LogP) is 1.42. The van der Waals surface area contributed by atoms with Gasteiger partial charge in [0, 0.05) is 6.54 Å². The topological polar surface area (TPSA) is 72.5 Å². The summed E-state index contributed by atoms with van der Waals surface area (Å²) >= 11 is 3.08. The molecule has 106 valence electrons. The van der Waals surface area contributed by atoms with Crippen LogP contribution in [0.1, 0.15) is 32.1 Å². The molecule has 0 spiro atoms. The zero-order valence-corrected chi connectivity index (χ0v) is 12.9. The first-order chi connectivity index (χ1) is 8.44. The summed E-state index contributed by atoms with van der Waals surface area (Å²) in [4.78, 5) is 10.5. The van der Waals surface area contributed by atoms with Gasteiger partial charge in [-0.3, -0.25) is 4.79 Å². The highest BCUT2D eigenvalue weighted by Crippen LogP contribution is 2.24. The van der Waals surface area contributed by atoms with Crippen LogP contribution < -0.4 is 4.72 Å². The number of ether oxygens (including phenoxy) is 1. The fourth-order valence-corrected chi connectivity index (χ4v) is 4.19. The van der Waals surface area contributed by atoms with Crippen molar-refractivity contribution in [2.45, 2.75) is 36.9 Å². The highest BCUT2D eigenvalue weighted by Gasteiger charge is 2.23. The van der Waals surface area contributed by atoms with Crippen molar-refractivity contribution in [1.29, 1.82) is 0 Å². The second-order valence-electron chi connectivity index (χ2n) is 4.62. The number of sulfonamides is 1. The van der Waals surface area contributed by atoms with Crippen LogP contribution in [0.15, 0.2) is 0 Å². The quantitative estimate of drug-likeness (QED) is 0.585. The molecular weight excluding hydrogens is 322 g/mol. The number of rotatable bonds is 6. The lowest BCUT2D eigenvalue weighted by Crippen LogP contribution is -2.37. The van der Waals surface area contributed by atoms with Crippen LogP contribution in [-0.2, 0) is 19.6 Å². The maximum atomic E-state index is 11.8.